The zero-order valence-electron chi connectivity index (χ0n) is 13.6. The van der Waals surface area contributed by atoms with Gasteiger partial charge in [-0.2, -0.15) is 0 Å². The van der Waals surface area contributed by atoms with Crippen LogP contribution in [0.4, 0.5) is 0 Å². The topological polar surface area (TPSA) is 91.3 Å². The lowest BCUT2D eigenvalue weighted by Crippen LogP contribution is -2.53. The zero-order chi connectivity index (χ0) is 18.0. The van der Waals surface area contributed by atoms with Crippen molar-refractivity contribution >= 4 is 23.4 Å². The first-order chi connectivity index (χ1) is 11.9. The van der Waals surface area contributed by atoms with E-state index in [0.717, 1.165) is 0 Å². The van der Waals surface area contributed by atoms with Gasteiger partial charge in [-0.15, -0.1) is 0 Å². The normalized spacial score (nSPS) is 19.0. The fraction of sp³-hybridized carbons (Fsp3) is 0.278. The molecule has 2 aromatic rings. The number of hydrogen-bond donors (Lipinski definition) is 3. The molecule has 130 valence electrons. The summed E-state index contributed by atoms with van der Waals surface area (Å²) >= 11 is 5.83. The van der Waals surface area contributed by atoms with E-state index in [-0.39, 0.29) is 35.2 Å². The molecular weight excluding hydrogens is 342 g/mol. The predicted octanol–water partition coefficient (Wildman–Crippen LogP) is 2.44. The monoisotopic (exact) mass is 359 g/mol. The number of benzene rings is 1. The van der Waals surface area contributed by atoms with E-state index in [1.165, 1.54) is 12.4 Å². The highest BCUT2D eigenvalue weighted by Gasteiger charge is 2.32. The third-order valence-electron chi connectivity index (χ3n) is 4.26. The lowest BCUT2D eigenvalue weighted by Gasteiger charge is -2.36. The number of halogens is 1. The van der Waals surface area contributed by atoms with E-state index in [2.05, 4.69) is 15.6 Å². The first-order valence-electron chi connectivity index (χ1n) is 7.95. The van der Waals surface area contributed by atoms with E-state index in [9.17, 15) is 14.7 Å². The van der Waals surface area contributed by atoms with Crippen molar-refractivity contribution in [1.29, 1.82) is 0 Å². The first-order valence-corrected chi connectivity index (χ1v) is 8.32. The van der Waals surface area contributed by atoms with Crippen molar-refractivity contribution in [2.24, 2.45) is 0 Å². The Balaban J connectivity index is 1.50. The number of pyridine rings is 1. The number of aromatic hydroxyl groups is 1. The summed E-state index contributed by atoms with van der Waals surface area (Å²) in [5, 5.41) is 16.1. The Morgan fingerprint density at radius 3 is 2.52 bits per heavy atom. The van der Waals surface area contributed by atoms with Gasteiger partial charge in [-0.3, -0.25) is 14.6 Å². The highest BCUT2D eigenvalue weighted by molar-refractivity contribution is 6.30. The van der Waals surface area contributed by atoms with Crippen molar-refractivity contribution < 1.29 is 14.7 Å². The van der Waals surface area contributed by atoms with Crippen molar-refractivity contribution in [2.45, 2.75) is 31.8 Å². The number of para-hydroxylation sites is 1. The standard InChI is InChI=1S/C18H18ClN3O3/c1-10-3-2-4-15(16(10)23)18(25)22-14-6-13(7-14)21-17(24)11-5-12(19)9-20-8-11/h2-5,8-9,13-14,23H,6-7H2,1H3,(H,21,24)(H,22,25). The quantitative estimate of drug-likeness (QED) is 0.782. The first kappa shape index (κ1) is 17.2. The molecule has 6 nitrogen and oxygen atoms in total. The number of nitrogens with zero attached hydrogens (tertiary/aromatic N) is 1. The summed E-state index contributed by atoms with van der Waals surface area (Å²) < 4.78 is 0. The minimum absolute atomic E-state index is 0.00219. The van der Waals surface area contributed by atoms with E-state index in [4.69, 9.17) is 11.6 Å². The van der Waals surface area contributed by atoms with Crippen LogP contribution in [0.25, 0.3) is 0 Å². The average molecular weight is 360 g/mol. The minimum Gasteiger partial charge on any atom is -0.507 e. The van der Waals surface area contributed by atoms with Gasteiger partial charge in [0.05, 0.1) is 16.1 Å². The third-order valence-corrected chi connectivity index (χ3v) is 4.46. The molecule has 1 aromatic carbocycles. The highest BCUT2D eigenvalue weighted by atomic mass is 35.5. The molecule has 3 rings (SSSR count). The number of amides is 2. The maximum Gasteiger partial charge on any atom is 0.255 e. The van der Waals surface area contributed by atoms with Crippen LogP contribution in [-0.2, 0) is 0 Å². The van der Waals surface area contributed by atoms with Crippen LogP contribution in [0.5, 0.6) is 5.75 Å². The number of aryl methyl sites for hydroxylation is 1. The van der Waals surface area contributed by atoms with Gasteiger partial charge in [0.15, 0.2) is 0 Å². The molecule has 0 aliphatic heterocycles. The number of hydrogen-bond acceptors (Lipinski definition) is 4. The molecule has 7 heteroatoms. The Kier molecular flexibility index (Phi) is 4.90. The molecule has 3 N–H and O–H groups in total. The number of phenols is 1. The van der Waals surface area contributed by atoms with Crippen LogP contribution in [0.1, 0.15) is 39.1 Å². The largest absolute Gasteiger partial charge is 0.507 e. The maximum atomic E-state index is 12.2. The second-order valence-corrected chi connectivity index (χ2v) is 6.61. The van der Waals surface area contributed by atoms with Gasteiger partial charge < -0.3 is 15.7 Å². The van der Waals surface area contributed by atoms with Crippen LogP contribution in [-0.4, -0.2) is 34.0 Å². The van der Waals surface area contributed by atoms with Crippen molar-refractivity contribution in [3.05, 3.63) is 58.4 Å². The molecule has 25 heavy (non-hydrogen) atoms. The van der Waals surface area contributed by atoms with Gasteiger partial charge in [-0.1, -0.05) is 23.7 Å². The van der Waals surface area contributed by atoms with Gasteiger partial charge in [0.1, 0.15) is 5.75 Å². The van der Waals surface area contributed by atoms with Gasteiger partial charge >= 0.3 is 0 Å². The van der Waals surface area contributed by atoms with Gasteiger partial charge in [-0.05, 0) is 37.5 Å². The molecule has 1 heterocycles. The third kappa shape index (κ3) is 3.91. The Morgan fingerprint density at radius 2 is 1.84 bits per heavy atom. The van der Waals surface area contributed by atoms with Crippen LogP contribution >= 0.6 is 11.6 Å². The molecule has 0 atom stereocenters. The van der Waals surface area contributed by atoms with Crippen molar-refractivity contribution in [3.63, 3.8) is 0 Å². The number of carbonyl (C=O) groups excluding carboxylic acids is 2. The van der Waals surface area contributed by atoms with Crippen LogP contribution in [0, 0.1) is 6.92 Å². The van der Waals surface area contributed by atoms with Crippen LogP contribution in [0.3, 0.4) is 0 Å². The van der Waals surface area contributed by atoms with Crippen LogP contribution in [0.2, 0.25) is 5.02 Å². The Bertz CT molecular complexity index is 819. The summed E-state index contributed by atoms with van der Waals surface area (Å²) in [4.78, 5) is 28.2. The second kappa shape index (κ2) is 7.11. The molecule has 0 saturated heterocycles. The number of rotatable bonds is 4. The lowest BCUT2D eigenvalue weighted by atomic mass is 9.86. The van der Waals surface area contributed by atoms with E-state index in [0.29, 0.717) is 29.0 Å². The van der Waals surface area contributed by atoms with E-state index in [1.807, 2.05) is 0 Å². The van der Waals surface area contributed by atoms with Gasteiger partial charge in [0.2, 0.25) is 0 Å². The molecule has 1 aliphatic rings. The molecule has 1 fully saturated rings. The summed E-state index contributed by atoms with van der Waals surface area (Å²) in [5.41, 5.74) is 1.32. The van der Waals surface area contributed by atoms with Crippen molar-refractivity contribution in [3.8, 4) is 5.75 Å². The molecule has 1 aromatic heterocycles. The van der Waals surface area contributed by atoms with Crippen molar-refractivity contribution in [2.75, 3.05) is 0 Å². The van der Waals surface area contributed by atoms with Gasteiger partial charge in [0.25, 0.3) is 11.8 Å². The average Bonchev–Trinajstić information content (AvgIpc) is 2.55. The molecule has 0 radical (unpaired) electrons. The van der Waals surface area contributed by atoms with E-state index in [1.54, 1.807) is 31.2 Å². The molecule has 1 saturated carbocycles. The molecule has 0 spiro atoms. The summed E-state index contributed by atoms with van der Waals surface area (Å²) in [6.45, 7) is 1.74. The SMILES string of the molecule is Cc1cccc(C(=O)NC2CC(NC(=O)c3cncc(Cl)c3)C2)c1O. The molecule has 1 aliphatic carbocycles. The molecule has 0 unspecified atom stereocenters. The lowest BCUT2D eigenvalue weighted by molar-refractivity contribution is 0.0861. The number of aromatic nitrogens is 1. The maximum absolute atomic E-state index is 12.2. The number of carbonyl (C=O) groups is 2. The van der Waals surface area contributed by atoms with E-state index >= 15 is 0 Å². The fourth-order valence-corrected chi connectivity index (χ4v) is 2.94. The van der Waals surface area contributed by atoms with Crippen LogP contribution < -0.4 is 10.6 Å². The Morgan fingerprint density at radius 1 is 1.16 bits per heavy atom. The molecule has 2 amide bonds. The van der Waals surface area contributed by atoms with Gasteiger partial charge in [-0.25, -0.2) is 0 Å². The van der Waals surface area contributed by atoms with Crippen LogP contribution in [0.15, 0.2) is 36.7 Å². The molecular formula is C18H18ClN3O3. The predicted molar refractivity (Wildman–Crippen MR) is 93.8 cm³/mol. The van der Waals surface area contributed by atoms with Crippen molar-refractivity contribution in [1.82, 2.24) is 15.6 Å². The number of phenolic OH excluding ortho intramolecular Hbond substituents is 1. The molecule has 0 bridgehead atoms. The smallest absolute Gasteiger partial charge is 0.255 e. The van der Waals surface area contributed by atoms with E-state index < -0.39 is 0 Å². The summed E-state index contributed by atoms with van der Waals surface area (Å²) in [6, 6.07) is 6.57. The minimum atomic E-state index is -0.310. The number of nitrogens with one attached hydrogen (secondary N) is 2. The summed E-state index contributed by atoms with van der Waals surface area (Å²) in [7, 11) is 0. The Hall–Kier alpha value is -2.60. The fourth-order valence-electron chi connectivity index (χ4n) is 2.76. The second-order valence-electron chi connectivity index (χ2n) is 6.18. The zero-order valence-corrected chi connectivity index (χ0v) is 14.4. The highest BCUT2D eigenvalue weighted by Crippen LogP contribution is 2.24. The summed E-state index contributed by atoms with van der Waals surface area (Å²) in [6.07, 6.45) is 4.20. The summed E-state index contributed by atoms with van der Waals surface area (Å²) in [5.74, 6) is -0.547. The Labute approximate surface area is 150 Å². The van der Waals surface area contributed by atoms with Gasteiger partial charge in [0, 0.05) is 24.5 Å².